The smallest absolute Gasteiger partial charge is 0.100 e. The Labute approximate surface area is 743 Å². The number of hydrogen-bond acceptors (Lipinski definition) is 26. The van der Waals surface area contributed by atoms with Crippen LogP contribution in [0.3, 0.4) is 0 Å². The number of nitrogens with zero attached hydrogens (tertiary/aromatic N) is 10. The summed E-state index contributed by atoms with van der Waals surface area (Å²) in [5.74, 6) is 0. The number of pyridine rings is 5. The van der Waals surface area contributed by atoms with Gasteiger partial charge in [-0.25, -0.2) is 0 Å². The second-order valence-electron chi connectivity index (χ2n) is 29.6. The third-order valence-corrected chi connectivity index (χ3v) is 19.2. The molecule has 0 aliphatic heterocycles. The first-order valence-electron chi connectivity index (χ1n) is 42.2. The number of anilines is 5. The van der Waals surface area contributed by atoms with Crippen molar-refractivity contribution < 1.29 is 80.2 Å². The first-order valence-corrected chi connectivity index (χ1v) is 42.2. The van der Waals surface area contributed by atoms with Crippen LogP contribution in [0.5, 0.6) is 0 Å². The van der Waals surface area contributed by atoms with Gasteiger partial charge in [0.1, 0.15) is 24.4 Å². The largest absolute Gasteiger partial charge is 0.395 e. The molecule has 0 fully saturated rings. The van der Waals surface area contributed by atoms with Gasteiger partial charge in [0.2, 0.25) is 0 Å². The van der Waals surface area contributed by atoms with Gasteiger partial charge in [0.15, 0.2) is 0 Å². The molecule has 10 aromatic rings. The van der Waals surface area contributed by atoms with E-state index in [4.69, 9.17) is 54.7 Å². The van der Waals surface area contributed by atoms with Crippen molar-refractivity contribution in [1.82, 2.24) is 24.9 Å². The molecule has 0 bridgehead atoms. The molecule has 12 N–H and O–H groups in total. The van der Waals surface area contributed by atoms with Gasteiger partial charge in [-0.15, -0.1) is 0 Å². The normalized spacial score (nSPS) is 12.2. The second-order valence-corrected chi connectivity index (χ2v) is 29.6. The number of aliphatic hydroxyl groups is 12. The number of benzene rings is 5. The van der Waals surface area contributed by atoms with Crippen LogP contribution in [0.4, 0.5) is 28.4 Å². The van der Waals surface area contributed by atoms with Gasteiger partial charge in [-0.05, 0) is 181 Å². The summed E-state index contributed by atoms with van der Waals surface area (Å²) in [6, 6.07) is 60.9. The molecule has 0 spiro atoms. The zero-order valence-electron chi connectivity index (χ0n) is 73.7. The fourth-order valence-electron chi connectivity index (χ4n) is 11.6. The molecule has 0 radical (unpaired) electrons. The molecule has 26 nitrogen and oxygen atoms in total. The average Bonchev–Trinajstić information content (AvgIpc) is 0.873. The first-order chi connectivity index (χ1) is 61.1. The standard InChI is InChI=1S/C24H34N2O6.C21H28N2O4.C20H26N2O3.C18H22N2O2.C17H20N2O/c1-19-2-3-21(14-25-19)5-4-20-6-8-22(9-7-20)26(10-12-31-17-23(29)15-27)11-13-32-18-24(30)16-28;1-17-2-3-19(14-22-17)5-4-18-6-8-20(9-7-18)23(10-12-24)11-13-27-16-21(26)15-25;1-16-3-4-18(13-21-16)6-5-17-7-9-19(10-8-17)22(2)11-12-25-15-20(24)14-23;1-15-2-3-17(14-19-15)5-4-16-6-8-18(9-7-16)20(10-12-21)11-13-22;1-14-3-4-16(13-18-14)6-5-15-7-9-17(10-8-15)19(2)11-12-20/h2-9,14,23-24,27-30H,10-13,15-18H2,1H3;2-9,14,21,24-26H,10-13,15-16H2,1H3;3-10,13,20,23-24H,11-12,14-15H2,1-2H3;2-9,14,21-22H,10-13H2,1H3;3-10,13,20H,11-12H2,1-2H3/b2*5-4+;6-5+;5-4+;6-5+. The summed E-state index contributed by atoms with van der Waals surface area (Å²) in [7, 11) is 3.97. The number of aromatic nitrogens is 5. The first kappa shape index (κ1) is 104. The van der Waals surface area contributed by atoms with Gasteiger partial charge < -0.3 is 105 Å². The lowest BCUT2D eigenvalue weighted by Gasteiger charge is -2.25. The minimum Gasteiger partial charge on any atom is -0.395 e. The van der Waals surface area contributed by atoms with Gasteiger partial charge >= 0.3 is 0 Å². The van der Waals surface area contributed by atoms with Crippen molar-refractivity contribution in [3.63, 3.8) is 0 Å². The Kier molecular flexibility index (Phi) is 50.5. The number of aryl methyl sites for hydroxylation is 5. The summed E-state index contributed by atoms with van der Waals surface area (Å²) in [6.45, 7) is 15.6. The molecular formula is C100H130N10O16. The fourth-order valence-corrected chi connectivity index (χ4v) is 11.6. The van der Waals surface area contributed by atoms with E-state index in [9.17, 15) is 25.5 Å². The van der Waals surface area contributed by atoms with Crippen LogP contribution in [-0.4, -0.2) is 283 Å². The number of ether oxygens (including phenoxy) is 4. The summed E-state index contributed by atoms with van der Waals surface area (Å²) >= 11 is 0. The lowest BCUT2D eigenvalue weighted by molar-refractivity contribution is 0.00475. The minimum atomic E-state index is -0.887. The Hall–Kier alpha value is -11.1. The van der Waals surface area contributed by atoms with E-state index in [1.165, 1.54) is 0 Å². The maximum atomic E-state index is 9.40. The SMILES string of the molecule is Cc1ccc(/C=C/c2ccc(N(C)CCO)cc2)cn1.Cc1ccc(/C=C/c2ccc(N(C)CCOCC(O)CO)cc2)cn1.Cc1ccc(/C=C/c2ccc(N(CCO)CCO)cc2)cn1.Cc1ccc(/C=C/c2ccc(N(CCO)CCOCC(O)CO)cc2)cn1.Cc1ccc(/C=C/c2ccc(N(CCOCC(O)CO)CCOCC(O)CO)cc2)cn1. The van der Waals surface area contributed by atoms with Crippen LogP contribution in [0.25, 0.3) is 60.8 Å². The van der Waals surface area contributed by atoms with Crippen molar-refractivity contribution in [2.75, 3.05) is 197 Å². The average molecular weight is 1730 g/mol. The van der Waals surface area contributed by atoms with Gasteiger partial charge in [0, 0.05) is 154 Å². The monoisotopic (exact) mass is 1730 g/mol. The molecule has 26 heteroatoms. The molecule has 676 valence electrons. The predicted octanol–water partition coefficient (Wildman–Crippen LogP) is 10.5. The molecule has 0 aliphatic rings. The van der Waals surface area contributed by atoms with Crippen LogP contribution < -0.4 is 24.5 Å². The highest BCUT2D eigenvalue weighted by Gasteiger charge is 2.13. The predicted molar refractivity (Wildman–Crippen MR) is 509 cm³/mol. The van der Waals surface area contributed by atoms with Crippen molar-refractivity contribution in [2.24, 2.45) is 0 Å². The van der Waals surface area contributed by atoms with Crippen LogP contribution in [-0.2, 0) is 18.9 Å². The van der Waals surface area contributed by atoms with E-state index in [0.717, 1.165) is 113 Å². The third-order valence-electron chi connectivity index (χ3n) is 19.2. The molecule has 5 aromatic heterocycles. The highest BCUT2D eigenvalue weighted by Crippen LogP contribution is 2.23. The molecule has 126 heavy (non-hydrogen) atoms. The Bertz CT molecular complexity index is 4630. The van der Waals surface area contributed by atoms with Crippen LogP contribution >= 0.6 is 0 Å². The van der Waals surface area contributed by atoms with E-state index in [1.807, 2.05) is 258 Å². The highest BCUT2D eigenvalue weighted by molar-refractivity contribution is 5.74. The van der Waals surface area contributed by atoms with Gasteiger partial charge in [0.25, 0.3) is 0 Å². The summed E-state index contributed by atoms with van der Waals surface area (Å²) in [5, 5.41) is 109. The Balaban J connectivity index is 0.000000245. The van der Waals surface area contributed by atoms with E-state index in [0.29, 0.717) is 78.8 Å². The highest BCUT2D eigenvalue weighted by atomic mass is 16.5. The summed E-state index contributed by atoms with van der Waals surface area (Å²) in [4.78, 5) is 31.5. The molecule has 0 saturated heterocycles. The lowest BCUT2D eigenvalue weighted by atomic mass is 10.1. The molecule has 5 aromatic carbocycles. The number of likely N-dealkylation sites (N-methyl/N-ethyl adjacent to an activating group) is 2. The Morgan fingerprint density at radius 1 is 0.238 bits per heavy atom. The summed E-state index contributed by atoms with van der Waals surface area (Å²) in [5.41, 5.74) is 21.0. The molecule has 0 saturated carbocycles. The molecule has 5 heterocycles. The quantitative estimate of drug-likeness (QED) is 0.0158. The maximum absolute atomic E-state index is 9.40. The van der Waals surface area contributed by atoms with E-state index >= 15 is 0 Å². The van der Waals surface area contributed by atoms with Gasteiger partial charge in [-0.3, -0.25) is 24.9 Å². The second kappa shape index (κ2) is 61.3. The molecule has 0 aliphatic carbocycles. The number of rotatable bonds is 47. The van der Waals surface area contributed by atoms with E-state index in [1.54, 1.807) is 0 Å². The maximum Gasteiger partial charge on any atom is 0.100 e. The van der Waals surface area contributed by atoms with Crippen molar-refractivity contribution in [3.8, 4) is 0 Å². The molecule has 4 unspecified atom stereocenters. The zero-order chi connectivity index (χ0) is 90.9. The van der Waals surface area contributed by atoms with Gasteiger partial charge in [0.05, 0.1) is 106 Å². The van der Waals surface area contributed by atoms with Crippen LogP contribution in [0.1, 0.15) is 84.1 Å². The van der Waals surface area contributed by atoms with Crippen molar-refractivity contribution in [1.29, 1.82) is 0 Å². The van der Waals surface area contributed by atoms with E-state index in [2.05, 4.69) is 114 Å². The van der Waals surface area contributed by atoms with Gasteiger partial charge in [-0.1, -0.05) is 152 Å². The van der Waals surface area contributed by atoms with E-state index < -0.39 is 24.4 Å². The van der Waals surface area contributed by atoms with Gasteiger partial charge in [-0.2, -0.15) is 0 Å². The Morgan fingerprint density at radius 3 is 0.627 bits per heavy atom. The minimum absolute atomic E-state index is 0.0430. The van der Waals surface area contributed by atoms with Crippen molar-refractivity contribution >= 4 is 89.2 Å². The molecule has 10 rings (SSSR count). The summed E-state index contributed by atoms with van der Waals surface area (Å²) < 4.78 is 21.6. The lowest BCUT2D eigenvalue weighted by Crippen LogP contribution is -2.33. The van der Waals surface area contributed by atoms with Crippen molar-refractivity contribution in [2.45, 2.75) is 59.0 Å². The van der Waals surface area contributed by atoms with Crippen LogP contribution in [0, 0.1) is 34.6 Å². The number of hydrogen-bond donors (Lipinski definition) is 12. The van der Waals surface area contributed by atoms with Crippen LogP contribution in [0.15, 0.2) is 213 Å². The van der Waals surface area contributed by atoms with E-state index in [-0.39, 0.29) is 79.3 Å². The number of aliphatic hydroxyl groups excluding tert-OH is 12. The Morgan fingerprint density at radius 2 is 0.421 bits per heavy atom. The topological polar surface area (TPSA) is 360 Å². The molecule has 4 atom stereocenters. The zero-order valence-corrected chi connectivity index (χ0v) is 73.7. The third kappa shape index (κ3) is 42.7. The fraction of sp³-hybridized carbons (Fsp3) is 0.350. The molecular weight excluding hydrogens is 1600 g/mol. The van der Waals surface area contributed by atoms with Crippen LogP contribution in [0.2, 0.25) is 0 Å². The van der Waals surface area contributed by atoms with Crippen molar-refractivity contribution in [3.05, 3.63) is 297 Å². The summed E-state index contributed by atoms with van der Waals surface area (Å²) in [6.07, 6.45) is 26.2. The molecule has 0 amide bonds.